The van der Waals surface area contributed by atoms with Gasteiger partial charge in [0.1, 0.15) is 17.5 Å². The maximum Gasteiger partial charge on any atom is 0.405 e. The van der Waals surface area contributed by atoms with E-state index in [0.29, 0.717) is 29.9 Å². The highest BCUT2D eigenvalue weighted by molar-refractivity contribution is 6.74. The predicted octanol–water partition coefficient (Wildman–Crippen LogP) is 5.99. The van der Waals surface area contributed by atoms with Crippen molar-refractivity contribution < 1.29 is 23.5 Å². The lowest BCUT2D eigenvalue weighted by Crippen LogP contribution is -2.62. The van der Waals surface area contributed by atoms with Crippen LogP contribution in [0.5, 0.6) is 0 Å². The predicted molar refractivity (Wildman–Crippen MR) is 159 cm³/mol. The molecule has 3 atom stereocenters. The molecule has 3 aromatic rings. The van der Waals surface area contributed by atoms with Gasteiger partial charge in [-0.3, -0.25) is 9.78 Å². The molecule has 214 valence electrons. The molecule has 11 heteroatoms. The molecule has 1 aliphatic rings. The molecule has 0 unspecified atom stereocenters. The highest BCUT2D eigenvalue weighted by Crippen LogP contribution is 2.40. The van der Waals surface area contributed by atoms with Gasteiger partial charge in [-0.25, -0.2) is 9.78 Å². The Kier molecular flexibility index (Phi) is 8.09. The molecule has 4 rings (SSSR count). The first kappa shape index (κ1) is 29.3. The molecule has 4 heterocycles. The third kappa shape index (κ3) is 6.05. The highest BCUT2D eigenvalue weighted by Gasteiger charge is 2.45. The van der Waals surface area contributed by atoms with E-state index in [-0.39, 0.29) is 22.8 Å². The molecule has 2 amide bonds. The Morgan fingerprint density at radius 3 is 2.60 bits per heavy atom. The zero-order valence-corrected chi connectivity index (χ0v) is 25.2. The van der Waals surface area contributed by atoms with Crippen molar-refractivity contribution in [2.24, 2.45) is 5.92 Å². The normalized spacial score (nSPS) is 19.9. The summed E-state index contributed by atoms with van der Waals surface area (Å²) in [5.74, 6) is -0.378. The summed E-state index contributed by atoms with van der Waals surface area (Å²) in [6, 6.07) is 4.68. The van der Waals surface area contributed by atoms with Crippen molar-refractivity contribution in [1.29, 1.82) is 0 Å². The number of fused-ring (bicyclic) bond motifs is 1. The number of nitrogens with one attached hydrogen (secondary N) is 2. The van der Waals surface area contributed by atoms with Crippen LogP contribution in [0.4, 0.5) is 16.2 Å². The Morgan fingerprint density at radius 1 is 1.23 bits per heavy atom. The van der Waals surface area contributed by atoms with Crippen LogP contribution in [0.1, 0.15) is 50.7 Å². The molecule has 1 aliphatic heterocycles. The zero-order chi connectivity index (χ0) is 29.4. The van der Waals surface area contributed by atoms with Crippen molar-refractivity contribution in [3.8, 4) is 0 Å². The summed E-state index contributed by atoms with van der Waals surface area (Å²) in [4.78, 5) is 35.9. The van der Waals surface area contributed by atoms with Crippen molar-refractivity contribution in [2.45, 2.75) is 64.9 Å². The van der Waals surface area contributed by atoms with Gasteiger partial charge in [-0.15, -0.1) is 0 Å². The van der Waals surface area contributed by atoms with Gasteiger partial charge in [0.2, 0.25) is 0 Å². The Morgan fingerprint density at radius 2 is 1.95 bits per heavy atom. The topological polar surface area (TPSA) is 130 Å². The van der Waals surface area contributed by atoms with E-state index in [9.17, 15) is 14.7 Å². The van der Waals surface area contributed by atoms with Crippen LogP contribution in [0.2, 0.25) is 18.1 Å². The molecule has 0 radical (unpaired) electrons. The van der Waals surface area contributed by atoms with E-state index in [0.717, 1.165) is 16.8 Å². The molecular formula is C29H39N5O5Si. The van der Waals surface area contributed by atoms with Crippen LogP contribution in [0.15, 0.2) is 47.9 Å². The maximum absolute atomic E-state index is 13.3. The molecular weight excluding hydrogens is 526 g/mol. The number of furan rings is 1. The third-order valence-corrected chi connectivity index (χ3v) is 12.4. The van der Waals surface area contributed by atoms with E-state index in [1.54, 1.807) is 30.8 Å². The second-order valence-corrected chi connectivity index (χ2v) is 16.9. The van der Waals surface area contributed by atoms with Crippen molar-refractivity contribution >= 4 is 48.4 Å². The van der Waals surface area contributed by atoms with Crippen LogP contribution >= 0.6 is 0 Å². The Hall–Kier alpha value is -3.70. The van der Waals surface area contributed by atoms with Crippen LogP contribution in [-0.4, -0.2) is 60.6 Å². The van der Waals surface area contributed by atoms with E-state index >= 15 is 0 Å². The van der Waals surface area contributed by atoms with Crippen molar-refractivity contribution in [3.05, 3.63) is 54.7 Å². The van der Waals surface area contributed by atoms with Crippen molar-refractivity contribution in [2.75, 3.05) is 23.3 Å². The van der Waals surface area contributed by atoms with Crippen molar-refractivity contribution in [1.82, 2.24) is 15.3 Å². The largest absolute Gasteiger partial charge is 0.465 e. The molecule has 0 spiro atoms. The number of hydrogen-bond donors (Lipinski definition) is 3. The molecule has 40 heavy (non-hydrogen) atoms. The number of anilines is 2. The van der Waals surface area contributed by atoms with Gasteiger partial charge in [-0.05, 0) is 48.8 Å². The first-order chi connectivity index (χ1) is 18.7. The third-order valence-electron chi connectivity index (χ3n) is 7.93. The number of carboxylic acid groups (broad SMARTS) is 1. The SMILES string of the molecule is C=C(C)c1coc2ccc(C(=O)Nc3cnccc3N3C[C@H](C)[C@@H](O[Si](C)(C)C(C)(C)C)[C@H](NC(=O)O)C3)nc12. The Balaban J connectivity index is 1.59. The Bertz CT molecular complexity index is 1430. The molecule has 0 saturated carbocycles. The second kappa shape index (κ2) is 11.1. The number of piperidine rings is 1. The van der Waals surface area contributed by atoms with E-state index in [4.69, 9.17) is 8.84 Å². The number of pyridine rings is 2. The smallest absolute Gasteiger partial charge is 0.405 e. The lowest BCUT2D eigenvalue weighted by atomic mass is 9.92. The van der Waals surface area contributed by atoms with Crippen LogP contribution in [-0.2, 0) is 4.43 Å². The van der Waals surface area contributed by atoms with Gasteiger partial charge in [0, 0.05) is 30.8 Å². The highest BCUT2D eigenvalue weighted by atomic mass is 28.4. The molecule has 10 nitrogen and oxygen atoms in total. The monoisotopic (exact) mass is 565 g/mol. The number of hydrogen-bond acceptors (Lipinski definition) is 7. The molecule has 3 aromatic heterocycles. The van der Waals surface area contributed by atoms with Gasteiger partial charge in [-0.1, -0.05) is 34.3 Å². The van der Waals surface area contributed by atoms with Gasteiger partial charge in [0.15, 0.2) is 13.9 Å². The number of carbonyl (C=O) groups excluding carboxylic acids is 1. The average Bonchev–Trinajstić information content (AvgIpc) is 3.29. The summed E-state index contributed by atoms with van der Waals surface area (Å²) in [5.41, 5.74) is 4.17. The van der Waals surface area contributed by atoms with Gasteiger partial charge in [0.25, 0.3) is 5.91 Å². The van der Waals surface area contributed by atoms with Crippen LogP contribution in [0, 0.1) is 5.92 Å². The van der Waals surface area contributed by atoms with Crippen LogP contribution in [0.3, 0.4) is 0 Å². The quantitative estimate of drug-likeness (QED) is 0.298. The van der Waals surface area contributed by atoms with Gasteiger partial charge >= 0.3 is 6.09 Å². The fourth-order valence-corrected chi connectivity index (χ4v) is 6.18. The van der Waals surface area contributed by atoms with Crippen LogP contribution in [0.25, 0.3) is 16.7 Å². The van der Waals surface area contributed by atoms with Gasteiger partial charge in [-0.2, -0.15) is 0 Å². The molecule has 1 saturated heterocycles. The number of allylic oxidation sites excluding steroid dienone is 1. The van der Waals surface area contributed by atoms with E-state index in [1.807, 2.05) is 13.0 Å². The molecule has 0 aromatic carbocycles. The summed E-state index contributed by atoms with van der Waals surface area (Å²) < 4.78 is 12.3. The summed E-state index contributed by atoms with van der Waals surface area (Å²) in [6.45, 7) is 19.7. The van der Waals surface area contributed by atoms with E-state index in [2.05, 4.69) is 72.9 Å². The lowest BCUT2D eigenvalue weighted by Gasteiger charge is -2.48. The van der Waals surface area contributed by atoms with E-state index in [1.165, 1.54) is 0 Å². The maximum atomic E-state index is 13.3. The summed E-state index contributed by atoms with van der Waals surface area (Å²) in [6.07, 6.45) is 3.46. The molecule has 1 fully saturated rings. The summed E-state index contributed by atoms with van der Waals surface area (Å²) in [5, 5.41) is 15.3. The van der Waals surface area contributed by atoms with Crippen LogP contribution < -0.4 is 15.5 Å². The van der Waals surface area contributed by atoms with Gasteiger partial charge in [0.05, 0.1) is 29.7 Å². The standard InChI is InChI=1S/C29H39N5O5Si/c1-17(2)19-16-38-24-10-9-20(31-25(19)24)27(35)32-21-13-30-12-11-23(21)34-14-18(3)26(22(15-34)33-28(36)37)39-40(7,8)29(4,5)6/h9-13,16,18,22,26,33H,1,14-15H2,2-8H3,(H,32,35)(H,36,37)/t18-,22+,26+/m0/s1. The number of carbonyl (C=O) groups is 2. The van der Waals surface area contributed by atoms with Gasteiger partial charge < -0.3 is 29.5 Å². The number of amides is 2. The second-order valence-electron chi connectivity index (χ2n) is 12.1. The number of aromatic nitrogens is 2. The molecule has 3 N–H and O–H groups in total. The summed E-state index contributed by atoms with van der Waals surface area (Å²) in [7, 11) is -2.16. The zero-order valence-electron chi connectivity index (χ0n) is 24.2. The molecule has 0 aliphatic carbocycles. The lowest BCUT2D eigenvalue weighted by molar-refractivity contribution is 0.0722. The number of nitrogens with zero attached hydrogens (tertiary/aromatic N) is 3. The first-order valence-electron chi connectivity index (χ1n) is 13.4. The number of rotatable bonds is 7. The fraction of sp³-hybridized carbons (Fsp3) is 0.448. The minimum atomic E-state index is -2.16. The van der Waals surface area contributed by atoms with E-state index < -0.39 is 26.4 Å². The fourth-order valence-electron chi connectivity index (χ4n) is 4.75. The van der Waals surface area contributed by atoms with Crippen molar-refractivity contribution in [3.63, 3.8) is 0 Å². The average molecular weight is 566 g/mol. The first-order valence-corrected chi connectivity index (χ1v) is 16.3. The molecule has 0 bridgehead atoms. The minimum Gasteiger partial charge on any atom is -0.465 e. The summed E-state index contributed by atoms with van der Waals surface area (Å²) >= 11 is 0. The Labute approximate surface area is 236 Å². The minimum absolute atomic E-state index is 0.0151.